The van der Waals surface area contributed by atoms with Gasteiger partial charge >= 0.3 is 0 Å². The van der Waals surface area contributed by atoms with Crippen molar-refractivity contribution in [2.75, 3.05) is 0 Å². The number of aryl methyl sites for hydroxylation is 1. The number of nitrogens with one attached hydrogen (secondary N) is 1. The van der Waals surface area contributed by atoms with Crippen molar-refractivity contribution in [1.82, 2.24) is 10.3 Å². The van der Waals surface area contributed by atoms with Gasteiger partial charge in [0.15, 0.2) is 0 Å². The molecule has 0 radical (unpaired) electrons. The zero-order chi connectivity index (χ0) is 14.5. The van der Waals surface area contributed by atoms with Gasteiger partial charge in [-0.05, 0) is 42.2 Å². The van der Waals surface area contributed by atoms with E-state index in [1.54, 1.807) is 0 Å². The van der Waals surface area contributed by atoms with Crippen LogP contribution in [-0.4, -0.2) is 4.98 Å². The van der Waals surface area contributed by atoms with Crippen molar-refractivity contribution in [3.05, 3.63) is 64.4 Å². The first-order chi connectivity index (χ1) is 9.56. The average molecular weight is 289 g/mol. The minimum Gasteiger partial charge on any atom is -0.306 e. The molecule has 2 nitrogen and oxygen atoms in total. The van der Waals surface area contributed by atoms with E-state index in [2.05, 4.69) is 42.3 Å². The van der Waals surface area contributed by atoms with Gasteiger partial charge in [-0.2, -0.15) is 0 Å². The van der Waals surface area contributed by atoms with E-state index in [0.29, 0.717) is 12.0 Å². The highest BCUT2D eigenvalue weighted by Crippen LogP contribution is 2.23. The van der Waals surface area contributed by atoms with Crippen LogP contribution in [-0.2, 0) is 6.54 Å². The molecule has 1 N–H and O–H groups in total. The number of aromatic nitrogens is 1. The number of benzene rings is 1. The van der Waals surface area contributed by atoms with E-state index in [4.69, 9.17) is 11.6 Å². The normalized spacial score (nSPS) is 12.7. The highest BCUT2D eigenvalue weighted by Gasteiger charge is 2.15. The number of pyridine rings is 1. The molecular weight excluding hydrogens is 268 g/mol. The zero-order valence-corrected chi connectivity index (χ0v) is 13.0. The molecule has 0 bridgehead atoms. The second kappa shape index (κ2) is 6.87. The van der Waals surface area contributed by atoms with Crippen LogP contribution < -0.4 is 5.32 Å². The Morgan fingerprint density at radius 1 is 1.10 bits per heavy atom. The Morgan fingerprint density at radius 3 is 2.35 bits per heavy atom. The van der Waals surface area contributed by atoms with E-state index >= 15 is 0 Å². The Balaban J connectivity index is 2.06. The number of halogens is 1. The average Bonchev–Trinajstić information content (AvgIpc) is 2.43. The molecule has 0 aliphatic heterocycles. The number of nitrogens with zero attached hydrogens (tertiary/aromatic N) is 1. The standard InChI is InChI=1S/C17H21ClN2/c1-12(2)17(15-6-8-16(18)9-7-15)20-11-14-5-4-13(3)19-10-14/h4-10,12,17,20H,11H2,1-3H3. The fourth-order valence-electron chi connectivity index (χ4n) is 2.24. The van der Waals surface area contributed by atoms with Gasteiger partial charge in [-0.25, -0.2) is 0 Å². The minimum absolute atomic E-state index is 0.313. The third kappa shape index (κ3) is 4.06. The van der Waals surface area contributed by atoms with Crippen molar-refractivity contribution < 1.29 is 0 Å². The van der Waals surface area contributed by atoms with Gasteiger partial charge in [0, 0.05) is 29.5 Å². The minimum atomic E-state index is 0.313. The van der Waals surface area contributed by atoms with Crippen molar-refractivity contribution in [3.8, 4) is 0 Å². The molecule has 1 aromatic heterocycles. The van der Waals surface area contributed by atoms with Crippen LogP contribution in [0.5, 0.6) is 0 Å². The first-order valence-corrected chi connectivity index (χ1v) is 7.34. The predicted octanol–water partition coefficient (Wildman–Crippen LogP) is 4.53. The lowest BCUT2D eigenvalue weighted by Crippen LogP contribution is -2.25. The summed E-state index contributed by atoms with van der Waals surface area (Å²) in [5.41, 5.74) is 3.52. The Hall–Kier alpha value is -1.38. The molecule has 3 heteroatoms. The molecule has 20 heavy (non-hydrogen) atoms. The molecule has 1 unspecified atom stereocenters. The van der Waals surface area contributed by atoms with Crippen molar-refractivity contribution >= 4 is 11.6 Å². The molecule has 1 atom stereocenters. The molecule has 106 valence electrons. The first kappa shape index (κ1) is 15.0. The Bertz CT molecular complexity index is 532. The summed E-state index contributed by atoms with van der Waals surface area (Å²) in [5, 5.41) is 4.38. The summed E-state index contributed by atoms with van der Waals surface area (Å²) in [6.07, 6.45) is 1.93. The molecule has 1 heterocycles. The third-order valence-corrected chi connectivity index (χ3v) is 3.65. The van der Waals surface area contributed by atoms with Gasteiger partial charge in [-0.3, -0.25) is 4.98 Å². The molecule has 2 rings (SSSR count). The largest absolute Gasteiger partial charge is 0.306 e. The Labute approximate surface area is 126 Å². The molecule has 2 aromatic rings. The molecule has 0 saturated carbocycles. The van der Waals surface area contributed by atoms with Crippen LogP contribution >= 0.6 is 11.6 Å². The predicted molar refractivity (Wildman–Crippen MR) is 84.8 cm³/mol. The van der Waals surface area contributed by atoms with Gasteiger partial charge in [0.1, 0.15) is 0 Å². The van der Waals surface area contributed by atoms with Crippen LogP contribution in [0.2, 0.25) is 5.02 Å². The van der Waals surface area contributed by atoms with E-state index in [-0.39, 0.29) is 0 Å². The molecule has 0 aliphatic carbocycles. The highest BCUT2D eigenvalue weighted by atomic mass is 35.5. The maximum Gasteiger partial charge on any atom is 0.0406 e. The fourth-order valence-corrected chi connectivity index (χ4v) is 2.37. The highest BCUT2D eigenvalue weighted by molar-refractivity contribution is 6.30. The maximum atomic E-state index is 5.96. The van der Waals surface area contributed by atoms with Crippen molar-refractivity contribution in [2.24, 2.45) is 5.92 Å². The van der Waals surface area contributed by atoms with Crippen molar-refractivity contribution in [1.29, 1.82) is 0 Å². The summed E-state index contributed by atoms with van der Waals surface area (Å²) in [6, 6.07) is 12.6. The molecule has 0 fully saturated rings. The molecule has 0 spiro atoms. The summed E-state index contributed by atoms with van der Waals surface area (Å²) in [5.74, 6) is 0.509. The second-order valence-corrected chi connectivity index (χ2v) is 5.90. The fraction of sp³-hybridized carbons (Fsp3) is 0.353. The Morgan fingerprint density at radius 2 is 1.80 bits per heavy atom. The summed E-state index contributed by atoms with van der Waals surface area (Å²) >= 11 is 5.96. The van der Waals surface area contributed by atoms with Gasteiger partial charge in [0.25, 0.3) is 0 Å². The van der Waals surface area contributed by atoms with Gasteiger partial charge in [-0.15, -0.1) is 0 Å². The maximum absolute atomic E-state index is 5.96. The molecule has 1 aromatic carbocycles. The van der Waals surface area contributed by atoms with E-state index < -0.39 is 0 Å². The molecule has 0 aliphatic rings. The zero-order valence-electron chi connectivity index (χ0n) is 12.2. The van der Waals surface area contributed by atoms with Gasteiger partial charge < -0.3 is 5.32 Å². The lowest BCUT2D eigenvalue weighted by molar-refractivity contribution is 0.410. The smallest absolute Gasteiger partial charge is 0.0406 e. The van der Waals surface area contributed by atoms with Crippen LogP contribution in [0.4, 0.5) is 0 Å². The number of hydrogen-bond donors (Lipinski definition) is 1. The van der Waals surface area contributed by atoms with Gasteiger partial charge in [0.2, 0.25) is 0 Å². The quantitative estimate of drug-likeness (QED) is 0.874. The monoisotopic (exact) mass is 288 g/mol. The van der Waals surface area contributed by atoms with Crippen LogP contribution in [0.1, 0.15) is 36.7 Å². The van der Waals surface area contributed by atoms with Gasteiger partial charge in [-0.1, -0.05) is 43.6 Å². The van der Waals surface area contributed by atoms with E-state index in [1.807, 2.05) is 31.3 Å². The van der Waals surface area contributed by atoms with E-state index in [1.165, 1.54) is 11.1 Å². The molecule has 0 saturated heterocycles. The van der Waals surface area contributed by atoms with Crippen LogP contribution in [0.25, 0.3) is 0 Å². The number of hydrogen-bond acceptors (Lipinski definition) is 2. The third-order valence-electron chi connectivity index (χ3n) is 3.39. The number of rotatable bonds is 5. The van der Waals surface area contributed by atoms with Crippen LogP contribution in [0, 0.1) is 12.8 Å². The second-order valence-electron chi connectivity index (χ2n) is 5.46. The lowest BCUT2D eigenvalue weighted by atomic mass is 9.96. The van der Waals surface area contributed by atoms with Crippen LogP contribution in [0.3, 0.4) is 0 Å². The summed E-state index contributed by atoms with van der Waals surface area (Å²) in [7, 11) is 0. The van der Waals surface area contributed by atoms with Crippen molar-refractivity contribution in [3.63, 3.8) is 0 Å². The summed E-state index contributed by atoms with van der Waals surface area (Å²) < 4.78 is 0. The first-order valence-electron chi connectivity index (χ1n) is 6.96. The van der Waals surface area contributed by atoms with Crippen LogP contribution in [0.15, 0.2) is 42.6 Å². The molecular formula is C17H21ClN2. The van der Waals surface area contributed by atoms with Crippen molar-refractivity contribution in [2.45, 2.75) is 33.4 Å². The summed E-state index contributed by atoms with van der Waals surface area (Å²) in [4.78, 5) is 4.33. The van der Waals surface area contributed by atoms with E-state index in [0.717, 1.165) is 17.3 Å². The van der Waals surface area contributed by atoms with E-state index in [9.17, 15) is 0 Å². The lowest BCUT2D eigenvalue weighted by Gasteiger charge is -2.23. The topological polar surface area (TPSA) is 24.9 Å². The van der Waals surface area contributed by atoms with Gasteiger partial charge in [0.05, 0.1) is 0 Å². The summed E-state index contributed by atoms with van der Waals surface area (Å²) in [6.45, 7) is 7.26. The molecule has 0 amide bonds. The SMILES string of the molecule is Cc1ccc(CNC(c2ccc(Cl)cc2)C(C)C)cn1. The Kier molecular flexibility index (Phi) is 5.16.